The molecule has 0 saturated heterocycles. The van der Waals surface area contributed by atoms with Crippen LogP contribution in [0.3, 0.4) is 0 Å². The summed E-state index contributed by atoms with van der Waals surface area (Å²) in [5, 5.41) is 5.61. The SMILES string of the molecule is CCSC(=Cc1nc2c(s1)C=CCO2)C=C1Nc2ccccc2S1. The third-order valence-corrected chi connectivity index (χ3v) is 6.26. The molecule has 1 aromatic carbocycles. The normalized spacial score (nSPS) is 17.4. The Kier molecular flexibility index (Phi) is 4.69. The number of nitrogens with zero attached hydrogens (tertiary/aromatic N) is 1. The Morgan fingerprint density at radius 1 is 1.42 bits per heavy atom. The van der Waals surface area contributed by atoms with Crippen LogP contribution in [0.4, 0.5) is 5.69 Å². The maximum atomic E-state index is 5.57. The molecule has 1 N–H and O–H groups in total. The van der Waals surface area contributed by atoms with Gasteiger partial charge >= 0.3 is 0 Å². The molecule has 6 heteroatoms. The van der Waals surface area contributed by atoms with E-state index in [9.17, 15) is 0 Å². The lowest BCUT2D eigenvalue weighted by atomic mass is 10.3. The first-order valence-electron chi connectivity index (χ1n) is 7.72. The van der Waals surface area contributed by atoms with Gasteiger partial charge in [0, 0.05) is 9.80 Å². The van der Waals surface area contributed by atoms with E-state index < -0.39 is 0 Å². The molecule has 0 amide bonds. The van der Waals surface area contributed by atoms with Crippen LogP contribution in [0.5, 0.6) is 5.88 Å². The van der Waals surface area contributed by atoms with Crippen molar-refractivity contribution in [2.75, 3.05) is 17.7 Å². The largest absolute Gasteiger partial charge is 0.472 e. The number of hydrogen-bond donors (Lipinski definition) is 1. The maximum absolute atomic E-state index is 5.57. The summed E-state index contributed by atoms with van der Waals surface area (Å²) in [5.74, 6) is 1.78. The van der Waals surface area contributed by atoms with Gasteiger partial charge in [0.05, 0.1) is 15.6 Å². The highest BCUT2D eigenvalue weighted by atomic mass is 32.2. The molecule has 3 heterocycles. The first kappa shape index (κ1) is 15.9. The van der Waals surface area contributed by atoms with Crippen LogP contribution in [0, 0.1) is 0 Å². The van der Waals surface area contributed by atoms with Gasteiger partial charge in [-0.1, -0.05) is 30.8 Å². The number of nitrogens with one attached hydrogen (secondary N) is 1. The molecule has 122 valence electrons. The fourth-order valence-electron chi connectivity index (χ4n) is 2.43. The van der Waals surface area contributed by atoms with Gasteiger partial charge in [-0.15, -0.1) is 23.1 Å². The Hall–Kier alpha value is -1.63. The number of allylic oxidation sites excluding steroid dienone is 1. The molecule has 0 spiro atoms. The second-order valence-electron chi connectivity index (χ2n) is 5.15. The quantitative estimate of drug-likeness (QED) is 0.744. The van der Waals surface area contributed by atoms with Crippen LogP contribution in [0.15, 0.2) is 51.2 Å². The van der Waals surface area contributed by atoms with Crippen LogP contribution in [0.1, 0.15) is 16.8 Å². The second kappa shape index (κ2) is 7.09. The van der Waals surface area contributed by atoms with Crippen molar-refractivity contribution in [2.24, 2.45) is 0 Å². The van der Waals surface area contributed by atoms with E-state index in [1.807, 2.05) is 17.8 Å². The summed E-state index contributed by atoms with van der Waals surface area (Å²) in [6.07, 6.45) is 8.46. The van der Waals surface area contributed by atoms with Crippen LogP contribution in [0.25, 0.3) is 12.2 Å². The zero-order valence-electron chi connectivity index (χ0n) is 13.1. The number of anilines is 1. The van der Waals surface area contributed by atoms with E-state index in [1.54, 1.807) is 23.1 Å². The molecule has 2 aliphatic heterocycles. The van der Waals surface area contributed by atoms with Crippen molar-refractivity contribution in [2.45, 2.75) is 11.8 Å². The maximum Gasteiger partial charge on any atom is 0.232 e. The minimum absolute atomic E-state index is 0.610. The van der Waals surface area contributed by atoms with Gasteiger partial charge in [-0.3, -0.25) is 0 Å². The zero-order valence-corrected chi connectivity index (χ0v) is 15.6. The Morgan fingerprint density at radius 2 is 2.33 bits per heavy atom. The van der Waals surface area contributed by atoms with E-state index in [-0.39, 0.29) is 0 Å². The molecule has 3 nitrogen and oxygen atoms in total. The molecular weight excluding hydrogens is 356 g/mol. The van der Waals surface area contributed by atoms with Crippen molar-refractivity contribution in [1.29, 1.82) is 0 Å². The van der Waals surface area contributed by atoms with E-state index in [0.717, 1.165) is 26.5 Å². The highest BCUT2D eigenvalue weighted by Gasteiger charge is 2.16. The van der Waals surface area contributed by atoms with E-state index in [2.05, 4.69) is 59.7 Å². The fraction of sp³-hybridized carbons (Fsp3) is 0.167. The Bertz CT molecular complexity index is 825. The van der Waals surface area contributed by atoms with Crippen LogP contribution < -0.4 is 10.1 Å². The molecule has 2 aromatic rings. The molecule has 24 heavy (non-hydrogen) atoms. The fourth-order valence-corrected chi connectivity index (χ4v) is 5.16. The van der Waals surface area contributed by atoms with Gasteiger partial charge < -0.3 is 10.1 Å². The highest BCUT2D eigenvalue weighted by Crippen LogP contribution is 2.42. The first-order chi connectivity index (χ1) is 11.8. The lowest BCUT2D eigenvalue weighted by Gasteiger charge is -2.03. The average Bonchev–Trinajstić information content (AvgIpc) is 3.17. The number of fused-ring (bicyclic) bond motifs is 2. The molecule has 0 aliphatic carbocycles. The first-order valence-corrected chi connectivity index (χ1v) is 10.3. The Balaban J connectivity index is 1.60. The van der Waals surface area contributed by atoms with E-state index >= 15 is 0 Å². The van der Waals surface area contributed by atoms with Gasteiger partial charge in [-0.2, -0.15) is 0 Å². The number of para-hydroxylation sites is 1. The van der Waals surface area contributed by atoms with Crippen LogP contribution in [-0.2, 0) is 0 Å². The number of aromatic nitrogens is 1. The third-order valence-electron chi connectivity index (χ3n) is 3.44. The average molecular weight is 373 g/mol. The molecule has 0 bridgehead atoms. The van der Waals surface area contributed by atoms with Gasteiger partial charge in [0.25, 0.3) is 0 Å². The number of benzene rings is 1. The molecule has 0 fully saturated rings. The lowest BCUT2D eigenvalue weighted by Crippen LogP contribution is -1.98. The summed E-state index contributed by atoms with van der Waals surface area (Å²) in [6, 6.07) is 8.38. The molecule has 0 saturated carbocycles. The topological polar surface area (TPSA) is 34.1 Å². The highest BCUT2D eigenvalue weighted by molar-refractivity contribution is 8.04. The summed E-state index contributed by atoms with van der Waals surface area (Å²) >= 11 is 5.26. The van der Waals surface area contributed by atoms with E-state index in [1.165, 1.54) is 15.5 Å². The van der Waals surface area contributed by atoms with Crippen molar-refractivity contribution in [1.82, 2.24) is 4.98 Å². The smallest absolute Gasteiger partial charge is 0.232 e. The van der Waals surface area contributed by atoms with Gasteiger partial charge in [0.15, 0.2) is 0 Å². The van der Waals surface area contributed by atoms with Crippen molar-refractivity contribution in [3.05, 3.63) is 56.2 Å². The summed E-state index contributed by atoms with van der Waals surface area (Å²) in [5.41, 5.74) is 1.18. The molecular formula is C18H16N2OS3. The molecule has 0 unspecified atom stereocenters. The van der Waals surface area contributed by atoms with Crippen molar-refractivity contribution < 1.29 is 4.74 Å². The molecule has 4 rings (SSSR count). The number of thioether (sulfide) groups is 2. The molecule has 1 aromatic heterocycles. The standard InChI is InChI=1S/C18H16N2OS3/c1-2-22-12(10-16-19-13-6-3-4-7-14(13)23-16)11-17-20-18-15(24-17)8-5-9-21-18/h3-8,10-11,19H,2,9H2,1H3. The van der Waals surface area contributed by atoms with E-state index in [0.29, 0.717) is 6.61 Å². The number of thiazole rings is 1. The second-order valence-corrected chi connectivity index (χ2v) is 8.63. The van der Waals surface area contributed by atoms with Crippen molar-refractivity contribution in [3.63, 3.8) is 0 Å². The van der Waals surface area contributed by atoms with Crippen molar-refractivity contribution in [3.8, 4) is 5.88 Å². The summed E-state index contributed by atoms with van der Waals surface area (Å²) < 4.78 is 5.57. The predicted molar refractivity (Wildman–Crippen MR) is 107 cm³/mol. The van der Waals surface area contributed by atoms with Gasteiger partial charge in [-0.25, -0.2) is 4.98 Å². The monoisotopic (exact) mass is 372 g/mol. The van der Waals surface area contributed by atoms with Gasteiger partial charge in [0.2, 0.25) is 5.88 Å². The van der Waals surface area contributed by atoms with E-state index in [4.69, 9.17) is 4.74 Å². The Morgan fingerprint density at radius 3 is 3.17 bits per heavy atom. The van der Waals surface area contributed by atoms with Gasteiger partial charge in [-0.05, 0) is 42.2 Å². The van der Waals surface area contributed by atoms with Crippen LogP contribution in [0.2, 0.25) is 0 Å². The van der Waals surface area contributed by atoms with Crippen LogP contribution >= 0.6 is 34.9 Å². The minimum atomic E-state index is 0.610. The molecule has 0 radical (unpaired) electrons. The summed E-state index contributed by atoms with van der Waals surface area (Å²) in [4.78, 5) is 8.16. The Labute approximate surface area is 153 Å². The summed E-state index contributed by atoms with van der Waals surface area (Å²) in [7, 11) is 0. The molecule has 2 aliphatic rings. The number of hydrogen-bond acceptors (Lipinski definition) is 6. The predicted octanol–water partition coefficient (Wildman–Crippen LogP) is 5.70. The zero-order chi connectivity index (χ0) is 16.4. The number of rotatable bonds is 4. The van der Waals surface area contributed by atoms with Crippen LogP contribution in [-0.4, -0.2) is 17.3 Å². The third kappa shape index (κ3) is 3.41. The minimum Gasteiger partial charge on any atom is -0.472 e. The number of ether oxygens (including phenoxy) is 1. The van der Waals surface area contributed by atoms with Crippen molar-refractivity contribution >= 4 is 52.7 Å². The van der Waals surface area contributed by atoms with Gasteiger partial charge in [0.1, 0.15) is 11.6 Å². The molecule has 0 atom stereocenters. The summed E-state index contributed by atoms with van der Waals surface area (Å²) in [6.45, 7) is 2.78. The lowest BCUT2D eigenvalue weighted by molar-refractivity contribution is 0.346.